The van der Waals surface area contributed by atoms with Gasteiger partial charge in [0.1, 0.15) is 11.3 Å². The maximum absolute atomic E-state index is 12.7. The van der Waals surface area contributed by atoms with Crippen molar-refractivity contribution in [2.75, 3.05) is 6.61 Å². The highest BCUT2D eigenvalue weighted by Crippen LogP contribution is 2.35. The van der Waals surface area contributed by atoms with Gasteiger partial charge in [0, 0.05) is 27.3 Å². The molecule has 0 aliphatic heterocycles. The molecule has 200 valence electrons. The number of nitrogens with zero attached hydrogens (tertiary/aromatic N) is 3. The van der Waals surface area contributed by atoms with Crippen molar-refractivity contribution in [1.82, 2.24) is 15.0 Å². The zero-order valence-corrected chi connectivity index (χ0v) is 23.5. The van der Waals surface area contributed by atoms with Gasteiger partial charge in [0.2, 0.25) is 0 Å². The molecule has 2 heterocycles. The van der Waals surface area contributed by atoms with E-state index in [1.807, 2.05) is 72.8 Å². The Labute approximate surface area is 246 Å². The van der Waals surface area contributed by atoms with E-state index < -0.39 is 0 Å². The molecule has 0 unspecified atom stereocenters. The van der Waals surface area contributed by atoms with Crippen LogP contribution >= 0.6 is 15.9 Å². The van der Waals surface area contributed by atoms with Crippen LogP contribution in [0.3, 0.4) is 0 Å². The number of pyridine rings is 1. The van der Waals surface area contributed by atoms with E-state index in [9.17, 15) is 4.79 Å². The lowest BCUT2D eigenvalue weighted by Gasteiger charge is -2.15. The SMILES string of the molecule is O=C(COc1cccc2cccnc12)N/N=C\c1cc(-c2ccccc2)n(-c2ccc(Br)cc2)c1-c1ccccc1. The number of halogens is 1. The van der Waals surface area contributed by atoms with Crippen molar-refractivity contribution in [1.29, 1.82) is 0 Å². The third-order valence-electron chi connectivity index (χ3n) is 6.58. The summed E-state index contributed by atoms with van der Waals surface area (Å²) in [5.74, 6) is 0.179. The summed E-state index contributed by atoms with van der Waals surface area (Å²) in [4.78, 5) is 17.0. The second-order valence-electron chi connectivity index (χ2n) is 9.29. The van der Waals surface area contributed by atoms with Gasteiger partial charge in [-0.15, -0.1) is 0 Å². The normalized spacial score (nSPS) is 11.1. The fourth-order valence-corrected chi connectivity index (χ4v) is 5.01. The van der Waals surface area contributed by atoms with Gasteiger partial charge in [0.05, 0.1) is 17.6 Å². The van der Waals surface area contributed by atoms with Gasteiger partial charge in [-0.3, -0.25) is 9.78 Å². The van der Waals surface area contributed by atoms with Crippen LogP contribution in [0.5, 0.6) is 5.75 Å². The second-order valence-corrected chi connectivity index (χ2v) is 10.2. The Hall–Kier alpha value is -5.01. The quantitative estimate of drug-likeness (QED) is 0.144. The van der Waals surface area contributed by atoms with E-state index in [0.29, 0.717) is 11.3 Å². The van der Waals surface area contributed by atoms with Gasteiger partial charge in [0.25, 0.3) is 5.91 Å². The predicted molar refractivity (Wildman–Crippen MR) is 167 cm³/mol. The minimum Gasteiger partial charge on any atom is -0.481 e. The molecule has 0 aliphatic rings. The Morgan fingerprint density at radius 1 is 0.854 bits per heavy atom. The van der Waals surface area contributed by atoms with Gasteiger partial charge in [0.15, 0.2) is 6.61 Å². The van der Waals surface area contributed by atoms with Crippen molar-refractivity contribution >= 4 is 39.0 Å². The number of carbonyl (C=O) groups is 1. The van der Waals surface area contributed by atoms with Crippen LogP contribution in [-0.4, -0.2) is 28.3 Å². The van der Waals surface area contributed by atoms with Crippen LogP contribution in [0.25, 0.3) is 39.1 Å². The summed E-state index contributed by atoms with van der Waals surface area (Å²) < 4.78 is 8.99. The molecule has 0 atom stereocenters. The van der Waals surface area contributed by atoms with Crippen molar-refractivity contribution in [3.8, 4) is 34.0 Å². The van der Waals surface area contributed by atoms with E-state index in [0.717, 1.165) is 43.6 Å². The minimum atomic E-state index is -0.369. The highest BCUT2D eigenvalue weighted by Gasteiger charge is 2.19. The standard InChI is InChI=1S/C34H25BrN4O2/c35-28-16-18-29(19-17-28)39-30(24-9-3-1-4-10-24)21-27(34(39)26-11-5-2-6-12-26)22-37-38-32(40)23-41-31-15-7-13-25-14-8-20-36-33(25)31/h1-22H,23H2,(H,38,40)/b37-22-. The van der Waals surface area contributed by atoms with Gasteiger partial charge in [-0.2, -0.15) is 5.10 Å². The summed E-state index contributed by atoms with van der Waals surface area (Å²) in [7, 11) is 0. The Kier molecular flexibility index (Phi) is 7.69. The van der Waals surface area contributed by atoms with Gasteiger partial charge in [-0.25, -0.2) is 5.43 Å². The molecular formula is C34H25BrN4O2. The molecule has 0 bridgehead atoms. The Morgan fingerprint density at radius 2 is 1.56 bits per heavy atom. The molecule has 0 saturated heterocycles. The number of hydrazone groups is 1. The summed E-state index contributed by atoms with van der Waals surface area (Å²) in [6.45, 7) is -0.187. The van der Waals surface area contributed by atoms with Crippen molar-refractivity contribution in [2.24, 2.45) is 5.10 Å². The molecular weight excluding hydrogens is 576 g/mol. The number of ether oxygens (including phenoxy) is 1. The summed E-state index contributed by atoms with van der Waals surface area (Å²) >= 11 is 3.55. The first kappa shape index (κ1) is 26.2. The maximum Gasteiger partial charge on any atom is 0.277 e. The number of rotatable bonds is 8. The molecule has 1 N–H and O–H groups in total. The van der Waals surface area contributed by atoms with Crippen LogP contribution in [0.1, 0.15) is 5.56 Å². The first-order valence-corrected chi connectivity index (χ1v) is 13.9. The Bertz CT molecular complexity index is 1830. The van der Waals surface area contributed by atoms with Crippen LogP contribution in [0, 0.1) is 0 Å². The molecule has 0 radical (unpaired) electrons. The highest BCUT2D eigenvalue weighted by molar-refractivity contribution is 9.10. The molecule has 7 heteroatoms. The van der Waals surface area contributed by atoms with Gasteiger partial charge >= 0.3 is 0 Å². The number of carbonyl (C=O) groups excluding carboxylic acids is 1. The molecule has 2 aromatic heterocycles. The fourth-order valence-electron chi connectivity index (χ4n) is 4.74. The third-order valence-corrected chi connectivity index (χ3v) is 7.11. The Morgan fingerprint density at radius 3 is 2.32 bits per heavy atom. The molecule has 4 aromatic carbocycles. The number of hydrogen-bond acceptors (Lipinski definition) is 4. The monoisotopic (exact) mass is 600 g/mol. The van der Waals surface area contributed by atoms with Crippen molar-refractivity contribution in [2.45, 2.75) is 0 Å². The number of amides is 1. The molecule has 6 nitrogen and oxygen atoms in total. The minimum absolute atomic E-state index is 0.187. The van der Waals surface area contributed by atoms with E-state index in [-0.39, 0.29) is 12.5 Å². The van der Waals surface area contributed by atoms with Crippen LogP contribution in [0.15, 0.2) is 137 Å². The van der Waals surface area contributed by atoms with Gasteiger partial charge in [-0.05, 0) is 53.6 Å². The van der Waals surface area contributed by atoms with E-state index in [1.54, 1.807) is 18.5 Å². The lowest BCUT2D eigenvalue weighted by atomic mass is 10.1. The van der Waals surface area contributed by atoms with Crippen molar-refractivity contribution in [3.05, 3.63) is 138 Å². The number of benzene rings is 4. The molecule has 6 rings (SSSR count). The van der Waals surface area contributed by atoms with Crippen LogP contribution < -0.4 is 10.2 Å². The molecule has 0 saturated carbocycles. The lowest BCUT2D eigenvalue weighted by Crippen LogP contribution is -2.24. The summed E-state index contributed by atoms with van der Waals surface area (Å²) in [6, 6.07) is 40.1. The van der Waals surface area contributed by atoms with E-state index in [1.165, 1.54) is 0 Å². The number of nitrogens with one attached hydrogen (secondary N) is 1. The molecule has 0 spiro atoms. The van der Waals surface area contributed by atoms with E-state index in [2.05, 4.69) is 78.5 Å². The van der Waals surface area contributed by atoms with Gasteiger partial charge in [-0.1, -0.05) is 94.8 Å². The molecule has 6 aromatic rings. The topological polar surface area (TPSA) is 68.5 Å². The Balaban J connectivity index is 1.32. The summed E-state index contributed by atoms with van der Waals surface area (Å²) in [5, 5.41) is 5.26. The average molecular weight is 602 g/mol. The molecule has 41 heavy (non-hydrogen) atoms. The maximum atomic E-state index is 12.7. The second kappa shape index (κ2) is 12.0. The third kappa shape index (κ3) is 5.81. The smallest absolute Gasteiger partial charge is 0.277 e. The van der Waals surface area contributed by atoms with Crippen LogP contribution in [0.2, 0.25) is 0 Å². The van der Waals surface area contributed by atoms with E-state index in [4.69, 9.17) is 4.74 Å². The summed E-state index contributed by atoms with van der Waals surface area (Å²) in [5.41, 5.74) is 9.24. The van der Waals surface area contributed by atoms with Crippen molar-refractivity contribution < 1.29 is 9.53 Å². The average Bonchev–Trinajstić information content (AvgIpc) is 3.40. The number of para-hydroxylation sites is 1. The van der Waals surface area contributed by atoms with Gasteiger partial charge < -0.3 is 9.30 Å². The van der Waals surface area contributed by atoms with Crippen LogP contribution in [0.4, 0.5) is 0 Å². The van der Waals surface area contributed by atoms with E-state index >= 15 is 0 Å². The number of aromatic nitrogens is 2. The zero-order valence-electron chi connectivity index (χ0n) is 21.9. The predicted octanol–water partition coefficient (Wildman–Crippen LogP) is 7.65. The molecule has 0 fully saturated rings. The lowest BCUT2D eigenvalue weighted by molar-refractivity contribution is -0.123. The largest absolute Gasteiger partial charge is 0.481 e. The highest BCUT2D eigenvalue weighted by atomic mass is 79.9. The van der Waals surface area contributed by atoms with Crippen molar-refractivity contribution in [3.63, 3.8) is 0 Å². The molecule has 0 aliphatic carbocycles. The number of fused-ring (bicyclic) bond motifs is 1. The first-order chi connectivity index (χ1) is 20.2. The number of hydrogen-bond donors (Lipinski definition) is 1. The molecule has 1 amide bonds. The first-order valence-electron chi connectivity index (χ1n) is 13.1. The van der Waals surface area contributed by atoms with Crippen LogP contribution in [-0.2, 0) is 4.79 Å². The summed E-state index contributed by atoms with van der Waals surface area (Å²) in [6.07, 6.45) is 3.38. The zero-order chi connectivity index (χ0) is 28.0. The fraction of sp³-hybridized carbons (Fsp3) is 0.0294.